The molecule has 0 spiro atoms. The Hall–Kier alpha value is -1.02. The molecule has 3 rings (SSSR count). The van der Waals surface area contributed by atoms with E-state index in [0.29, 0.717) is 12.0 Å². The Balaban J connectivity index is 1.65. The van der Waals surface area contributed by atoms with Crippen molar-refractivity contribution in [2.45, 2.75) is 38.1 Å². The number of nitrogens with one attached hydrogen (secondary N) is 1. The van der Waals surface area contributed by atoms with Crippen LogP contribution in [0.5, 0.6) is 5.75 Å². The van der Waals surface area contributed by atoms with Gasteiger partial charge in [0.25, 0.3) is 0 Å². The normalized spacial score (nSPS) is 24.8. The van der Waals surface area contributed by atoms with Crippen molar-refractivity contribution in [3.63, 3.8) is 0 Å². The van der Waals surface area contributed by atoms with E-state index in [0.717, 1.165) is 24.7 Å². The number of ether oxygens (including phenoxy) is 1. The van der Waals surface area contributed by atoms with Crippen LogP contribution in [0.3, 0.4) is 0 Å². The maximum atomic E-state index is 5.91. The minimum Gasteiger partial charge on any atom is -0.493 e. The zero-order valence-corrected chi connectivity index (χ0v) is 11.2. The second-order valence-electron chi connectivity index (χ2n) is 5.81. The van der Waals surface area contributed by atoms with E-state index in [4.69, 9.17) is 4.74 Å². The summed E-state index contributed by atoms with van der Waals surface area (Å²) >= 11 is 0. The Bertz CT molecular complexity index is 400. The van der Waals surface area contributed by atoms with Crippen LogP contribution in [0.25, 0.3) is 0 Å². The first-order chi connectivity index (χ1) is 8.86. The summed E-state index contributed by atoms with van der Waals surface area (Å²) in [5, 5.41) is 3.52. The molecule has 1 heterocycles. The number of para-hydroxylation sites is 1. The maximum Gasteiger partial charge on any atom is 0.122 e. The maximum absolute atomic E-state index is 5.91. The van der Waals surface area contributed by atoms with Crippen LogP contribution in [0.2, 0.25) is 0 Å². The van der Waals surface area contributed by atoms with Crippen LogP contribution < -0.4 is 10.1 Å². The molecule has 1 aromatic rings. The van der Waals surface area contributed by atoms with E-state index in [1.165, 1.54) is 31.2 Å². The number of fused-ring (bicyclic) bond motifs is 1. The number of rotatable bonds is 4. The van der Waals surface area contributed by atoms with Gasteiger partial charge >= 0.3 is 0 Å². The second kappa shape index (κ2) is 5.31. The third-order valence-corrected chi connectivity index (χ3v) is 4.66. The molecule has 0 bridgehead atoms. The van der Waals surface area contributed by atoms with Crippen LogP contribution in [0.4, 0.5) is 0 Å². The third kappa shape index (κ3) is 2.39. The molecule has 0 saturated heterocycles. The molecule has 0 amide bonds. The highest BCUT2D eigenvalue weighted by Gasteiger charge is 2.30. The first-order valence-corrected chi connectivity index (χ1v) is 7.25. The van der Waals surface area contributed by atoms with Crippen molar-refractivity contribution in [2.24, 2.45) is 11.8 Å². The monoisotopic (exact) mass is 245 g/mol. The molecule has 2 unspecified atom stereocenters. The molecule has 2 aliphatic rings. The van der Waals surface area contributed by atoms with Crippen LogP contribution in [0.15, 0.2) is 24.3 Å². The minimum absolute atomic E-state index is 0.614. The molecule has 0 radical (unpaired) electrons. The van der Waals surface area contributed by atoms with Crippen molar-refractivity contribution >= 4 is 0 Å². The standard InChI is InChI=1S/C16H23NO/c1-17-15(9-12-5-4-6-12)14-10-13-7-2-3-8-16(13)18-11-14/h2-3,7-8,12,14-15,17H,4-6,9-11H2,1H3. The first-order valence-electron chi connectivity index (χ1n) is 7.25. The molecule has 2 heteroatoms. The average molecular weight is 245 g/mol. The summed E-state index contributed by atoms with van der Waals surface area (Å²) in [5.41, 5.74) is 1.38. The second-order valence-corrected chi connectivity index (χ2v) is 5.81. The van der Waals surface area contributed by atoms with Gasteiger partial charge in [-0.2, -0.15) is 0 Å². The highest BCUT2D eigenvalue weighted by Crippen LogP contribution is 2.34. The Morgan fingerprint density at radius 3 is 2.89 bits per heavy atom. The summed E-state index contributed by atoms with van der Waals surface area (Å²) in [7, 11) is 2.10. The van der Waals surface area contributed by atoms with Crippen LogP contribution in [0, 0.1) is 11.8 Å². The zero-order chi connectivity index (χ0) is 12.4. The van der Waals surface area contributed by atoms with Gasteiger partial charge in [-0.1, -0.05) is 37.5 Å². The molecule has 18 heavy (non-hydrogen) atoms. The fourth-order valence-electron chi connectivity index (χ4n) is 3.24. The number of hydrogen-bond donors (Lipinski definition) is 1. The molecule has 1 saturated carbocycles. The smallest absolute Gasteiger partial charge is 0.122 e. The van der Waals surface area contributed by atoms with Crippen LogP contribution in [-0.2, 0) is 6.42 Å². The van der Waals surface area contributed by atoms with Gasteiger partial charge in [0.15, 0.2) is 0 Å². The van der Waals surface area contributed by atoms with E-state index < -0.39 is 0 Å². The van der Waals surface area contributed by atoms with Crippen molar-refractivity contribution in [1.29, 1.82) is 0 Å². The zero-order valence-electron chi connectivity index (χ0n) is 11.2. The molecule has 1 aliphatic carbocycles. The van der Waals surface area contributed by atoms with Gasteiger partial charge in [0, 0.05) is 12.0 Å². The minimum atomic E-state index is 0.614. The number of benzene rings is 1. The largest absolute Gasteiger partial charge is 0.493 e. The molecule has 2 nitrogen and oxygen atoms in total. The van der Waals surface area contributed by atoms with Crippen molar-refractivity contribution in [3.05, 3.63) is 29.8 Å². The average Bonchev–Trinajstić information content (AvgIpc) is 2.37. The SMILES string of the molecule is CNC(CC1CCC1)C1COc2ccccc2C1. The van der Waals surface area contributed by atoms with Crippen molar-refractivity contribution in [3.8, 4) is 5.75 Å². The van der Waals surface area contributed by atoms with E-state index >= 15 is 0 Å². The van der Waals surface area contributed by atoms with Gasteiger partial charge in [-0.15, -0.1) is 0 Å². The van der Waals surface area contributed by atoms with Gasteiger partial charge in [-0.3, -0.25) is 0 Å². The lowest BCUT2D eigenvalue weighted by atomic mass is 9.77. The van der Waals surface area contributed by atoms with Crippen molar-refractivity contribution in [2.75, 3.05) is 13.7 Å². The summed E-state index contributed by atoms with van der Waals surface area (Å²) in [6.07, 6.45) is 6.79. The van der Waals surface area contributed by atoms with E-state index in [1.54, 1.807) is 0 Å². The molecular formula is C16H23NO. The number of hydrogen-bond acceptors (Lipinski definition) is 2. The van der Waals surface area contributed by atoms with Gasteiger partial charge in [0.05, 0.1) is 6.61 Å². The Kier molecular flexibility index (Phi) is 3.55. The van der Waals surface area contributed by atoms with Gasteiger partial charge in [0.2, 0.25) is 0 Å². The molecule has 98 valence electrons. The lowest BCUT2D eigenvalue weighted by Crippen LogP contribution is -2.42. The lowest BCUT2D eigenvalue weighted by Gasteiger charge is -2.36. The fraction of sp³-hybridized carbons (Fsp3) is 0.625. The topological polar surface area (TPSA) is 21.3 Å². The van der Waals surface area contributed by atoms with Crippen LogP contribution >= 0.6 is 0 Å². The van der Waals surface area contributed by atoms with Crippen LogP contribution in [-0.4, -0.2) is 19.7 Å². The van der Waals surface area contributed by atoms with E-state index in [9.17, 15) is 0 Å². The molecule has 1 N–H and O–H groups in total. The predicted molar refractivity (Wildman–Crippen MR) is 73.9 cm³/mol. The first kappa shape index (κ1) is 12.0. The Morgan fingerprint density at radius 1 is 1.33 bits per heavy atom. The fourth-order valence-corrected chi connectivity index (χ4v) is 3.24. The van der Waals surface area contributed by atoms with E-state index in [-0.39, 0.29) is 0 Å². The molecule has 1 fully saturated rings. The molecule has 2 atom stereocenters. The summed E-state index contributed by atoms with van der Waals surface area (Å²) < 4.78 is 5.91. The van der Waals surface area contributed by atoms with Crippen molar-refractivity contribution < 1.29 is 4.74 Å². The highest BCUT2D eigenvalue weighted by atomic mass is 16.5. The van der Waals surface area contributed by atoms with E-state index in [2.05, 4.69) is 36.6 Å². The molecule has 1 aliphatic heterocycles. The van der Waals surface area contributed by atoms with Gasteiger partial charge in [0.1, 0.15) is 5.75 Å². The van der Waals surface area contributed by atoms with Gasteiger partial charge in [-0.25, -0.2) is 0 Å². The predicted octanol–water partition coefficient (Wildman–Crippen LogP) is 3.02. The third-order valence-electron chi connectivity index (χ3n) is 4.66. The Morgan fingerprint density at radius 2 is 2.17 bits per heavy atom. The summed E-state index contributed by atoms with van der Waals surface area (Å²) in [6.45, 7) is 0.870. The quantitative estimate of drug-likeness (QED) is 0.880. The molecule has 0 aromatic heterocycles. The van der Waals surface area contributed by atoms with Crippen molar-refractivity contribution in [1.82, 2.24) is 5.32 Å². The highest BCUT2D eigenvalue weighted by molar-refractivity contribution is 5.35. The summed E-state index contributed by atoms with van der Waals surface area (Å²) in [5.74, 6) is 2.68. The summed E-state index contributed by atoms with van der Waals surface area (Å²) in [6, 6.07) is 9.08. The summed E-state index contributed by atoms with van der Waals surface area (Å²) in [4.78, 5) is 0. The van der Waals surface area contributed by atoms with Gasteiger partial charge < -0.3 is 10.1 Å². The molecule has 1 aromatic carbocycles. The Labute approximate surface area is 110 Å². The van der Waals surface area contributed by atoms with Gasteiger partial charge in [-0.05, 0) is 37.4 Å². The van der Waals surface area contributed by atoms with Crippen LogP contribution in [0.1, 0.15) is 31.2 Å². The molecular weight excluding hydrogens is 222 g/mol. The lowest BCUT2D eigenvalue weighted by molar-refractivity contribution is 0.157. The van der Waals surface area contributed by atoms with E-state index in [1.807, 2.05) is 0 Å².